The monoisotopic (exact) mass is 220 g/mol. The molecular formula is C13H20N2O. The highest BCUT2D eigenvalue weighted by Gasteiger charge is 2.19. The maximum absolute atomic E-state index is 12.0. The van der Waals surface area contributed by atoms with Crippen LogP contribution in [0, 0.1) is 13.8 Å². The third-order valence-corrected chi connectivity index (χ3v) is 2.59. The average Bonchev–Trinajstić information content (AvgIpc) is 2.16. The van der Waals surface area contributed by atoms with Gasteiger partial charge in [0.15, 0.2) is 0 Å². The predicted octanol–water partition coefficient (Wildman–Crippen LogP) is 1.77. The normalized spacial score (nSPS) is 11.3. The van der Waals surface area contributed by atoms with Crippen LogP contribution < -0.4 is 11.1 Å². The lowest BCUT2D eigenvalue weighted by Gasteiger charge is -2.24. The number of hydrogen-bond donors (Lipinski definition) is 2. The minimum absolute atomic E-state index is 0.0621. The van der Waals surface area contributed by atoms with E-state index >= 15 is 0 Å². The molecule has 16 heavy (non-hydrogen) atoms. The quantitative estimate of drug-likeness (QED) is 0.815. The Labute approximate surface area is 97.0 Å². The van der Waals surface area contributed by atoms with E-state index in [9.17, 15) is 4.79 Å². The molecule has 0 bridgehead atoms. The second kappa shape index (κ2) is 4.66. The molecule has 1 rings (SSSR count). The first-order valence-electron chi connectivity index (χ1n) is 5.45. The van der Waals surface area contributed by atoms with Gasteiger partial charge in [-0.2, -0.15) is 0 Å². The first-order chi connectivity index (χ1) is 7.35. The smallest absolute Gasteiger partial charge is 0.252 e. The summed E-state index contributed by atoms with van der Waals surface area (Å²) in [5.74, 6) is -0.0621. The first-order valence-corrected chi connectivity index (χ1v) is 5.45. The van der Waals surface area contributed by atoms with E-state index in [1.54, 1.807) is 0 Å². The fourth-order valence-corrected chi connectivity index (χ4v) is 1.49. The molecule has 0 radical (unpaired) electrons. The molecule has 3 nitrogen and oxygen atoms in total. The molecule has 0 aliphatic heterocycles. The molecule has 1 aromatic carbocycles. The first kappa shape index (κ1) is 12.7. The van der Waals surface area contributed by atoms with Crippen molar-refractivity contribution in [2.75, 3.05) is 6.54 Å². The van der Waals surface area contributed by atoms with Crippen molar-refractivity contribution in [1.29, 1.82) is 0 Å². The Kier molecular flexibility index (Phi) is 3.70. The predicted molar refractivity (Wildman–Crippen MR) is 66.5 cm³/mol. The molecule has 0 saturated heterocycles. The van der Waals surface area contributed by atoms with Crippen molar-refractivity contribution in [3.8, 4) is 0 Å². The topological polar surface area (TPSA) is 55.1 Å². The van der Waals surface area contributed by atoms with Crippen molar-refractivity contribution >= 4 is 5.91 Å². The van der Waals surface area contributed by atoms with Crippen molar-refractivity contribution in [3.63, 3.8) is 0 Å². The summed E-state index contributed by atoms with van der Waals surface area (Å²) in [4.78, 5) is 12.0. The lowest BCUT2D eigenvalue weighted by Crippen LogP contribution is -2.49. The maximum atomic E-state index is 12.0. The highest BCUT2D eigenvalue weighted by atomic mass is 16.1. The Morgan fingerprint density at radius 3 is 2.50 bits per heavy atom. The molecule has 0 aliphatic carbocycles. The van der Waals surface area contributed by atoms with Crippen LogP contribution in [0.1, 0.15) is 35.3 Å². The van der Waals surface area contributed by atoms with E-state index < -0.39 is 0 Å². The average molecular weight is 220 g/mol. The van der Waals surface area contributed by atoms with Gasteiger partial charge in [-0.25, -0.2) is 0 Å². The lowest BCUT2D eigenvalue weighted by molar-refractivity contribution is 0.0915. The molecule has 88 valence electrons. The SMILES string of the molecule is Cc1ccc(C(=O)NC(C)(C)CN)c(C)c1. The number of nitrogens with two attached hydrogens (primary N) is 1. The molecule has 0 heterocycles. The zero-order chi connectivity index (χ0) is 12.3. The van der Waals surface area contributed by atoms with Gasteiger partial charge in [-0.15, -0.1) is 0 Å². The largest absolute Gasteiger partial charge is 0.346 e. The Bertz CT molecular complexity index is 397. The Hall–Kier alpha value is -1.35. The van der Waals surface area contributed by atoms with Gasteiger partial charge in [-0.3, -0.25) is 4.79 Å². The van der Waals surface area contributed by atoms with E-state index in [2.05, 4.69) is 5.32 Å². The number of amides is 1. The summed E-state index contributed by atoms with van der Waals surface area (Å²) in [5, 5.41) is 2.92. The fraction of sp³-hybridized carbons (Fsp3) is 0.462. The minimum atomic E-state index is -0.367. The molecule has 0 unspecified atom stereocenters. The minimum Gasteiger partial charge on any atom is -0.346 e. The summed E-state index contributed by atoms with van der Waals surface area (Å²) in [6.45, 7) is 8.20. The van der Waals surface area contributed by atoms with E-state index in [0.29, 0.717) is 12.1 Å². The number of benzene rings is 1. The van der Waals surface area contributed by atoms with Crippen molar-refractivity contribution < 1.29 is 4.79 Å². The summed E-state index contributed by atoms with van der Waals surface area (Å²) < 4.78 is 0. The summed E-state index contributed by atoms with van der Waals surface area (Å²) >= 11 is 0. The van der Waals surface area contributed by atoms with Gasteiger partial charge in [0.25, 0.3) is 5.91 Å². The van der Waals surface area contributed by atoms with E-state index in [-0.39, 0.29) is 11.4 Å². The van der Waals surface area contributed by atoms with Crippen LogP contribution in [0.4, 0.5) is 0 Å². The van der Waals surface area contributed by atoms with E-state index in [4.69, 9.17) is 5.73 Å². The van der Waals surface area contributed by atoms with Crippen LogP contribution in [0.2, 0.25) is 0 Å². The number of aryl methyl sites for hydroxylation is 2. The fourth-order valence-electron chi connectivity index (χ4n) is 1.49. The number of rotatable bonds is 3. The summed E-state index contributed by atoms with van der Waals surface area (Å²) in [5.41, 5.74) is 8.08. The number of carbonyl (C=O) groups excluding carboxylic acids is 1. The summed E-state index contributed by atoms with van der Waals surface area (Å²) in [6.07, 6.45) is 0. The van der Waals surface area contributed by atoms with Gasteiger partial charge in [-0.05, 0) is 39.3 Å². The lowest BCUT2D eigenvalue weighted by atomic mass is 10.0. The van der Waals surface area contributed by atoms with Gasteiger partial charge >= 0.3 is 0 Å². The van der Waals surface area contributed by atoms with Crippen molar-refractivity contribution in [1.82, 2.24) is 5.32 Å². The van der Waals surface area contributed by atoms with Crippen LogP contribution in [-0.2, 0) is 0 Å². The van der Waals surface area contributed by atoms with Crippen LogP contribution in [0.3, 0.4) is 0 Å². The zero-order valence-corrected chi connectivity index (χ0v) is 10.4. The van der Waals surface area contributed by atoms with Gasteiger partial charge in [0.05, 0.1) is 0 Å². The van der Waals surface area contributed by atoms with Crippen LogP contribution >= 0.6 is 0 Å². The van der Waals surface area contributed by atoms with Crippen LogP contribution in [0.15, 0.2) is 18.2 Å². The van der Waals surface area contributed by atoms with Gasteiger partial charge < -0.3 is 11.1 Å². The Morgan fingerprint density at radius 2 is 2.00 bits per heavy atom. The molecular weight excluding hydrogens is 200 g/mol. The van der Waals surface area contributed by atoms with Gasteiger partial charge in [0.2, 0.25) is 0 Å². The summed E-state index contributed by atoms with van der Waals surface area (Å²) in [6, 6.07) is 5.80. The second-order valence-corrected chi connectivity index (χ2v) is 4.86. The molecule has 0 aromatic heterocycles. The molecule has 1 amide bonds. The number of hydrogen-bond acceptors (Lipinski definition) is 2. The van der Waals surface area contributed by atoms with E-state index in [1.807, 2.05) is 45.9 Å². The molecule has 3 heteroatoms. The molecule has 1 aromatic rings. The third-order valence-electron chi connectivity index (χ3n) is 2.59. The Morgan fingerprint density at radius 1 is 1.38 bits per heavy atom. The molecule has 0 saturated carbocycles. The summed E-state index contributed by atoms with van der Waals surface area (Å²) in [7, 11) is 0. The van der Waals surface area contributed by atoms with Crippen molar-refractivity contribution in [3.05, 3.63) is 34.9 Å². The number of nitrogens with one attached hydrogen (secondary N) is 1. The number of carbonyl (C=O) groups is 1. The third kappa shape index (κ3) is 3.07. The molecule has 0 fully saturated rings. The van der Waals surface area contributed by atoms with Crippen LogP contribution in [0.5, 0.6) is 0 Å². The zero-order valence-electron chi connectivity index (χ0n) is 10.4. The Balaban J connectivity index is 2.89. The standard InChI is InChI=1S/C13H20N2O/c1-9-5-6-11(10(2)7-9)12(16)15-13(3,4)8-14/h5-7H,8,14H2,1-4H3,(H,15,16). The molecule has 0 atom stereocenters. The van der Waals surface area contributed by atoms with Gasteiger partial charge in [-0.1, -0.05) is 17.7 Å². The molecule has 3 N–H and O–H groups in total. The second-order valence-electron chi connectivity index (χ2n) is 4.86. The maximum Gasteiger partial charge on any atom is 0.252 e. The highest BCUT2D eigenvalue weighted by Crippen LogP contribution is 2.11. The van der Waals surface area contributed by atoms with Crippen LogP contribution in [-0.4, -0.2) is 18.0 Å². The molecule has 0 spiro atoms. The van der Waals surface area contributed by atoms with E-state index in [0.717, 1.165) is 11.1 Å². The van der Waals surface area contributed by atoms with Gasteiger partial charge in [0.1, 0.15) is 0 Å². The van der Waals surface area contributed by atoms with Crippen molar-refractivity contribution in [2.45, 2.75) is 33.2 Å². The van der Waals surface area contributed by atoms with Crippen molar-refractivity contribution in [2.24, 2.45) is 5.73 Å². The van der Waals surface area contributed by atoms with E-state index in [1.165, 1.54) is 0 Å². The molecule has 0 aliphatic rings. The van der Waals surface area contributed by atoms with Crippen LogP contribution in [0.25, 0.3) is 0 Å². The highest BCUT2D eigenvalue weighted by molar-refractivity contribution is 5.96. The van der Waals surface area contributed by atoms with Gasteiger partial charge in [0, 0.05) is 17.6 Å².